The van der Waals surface area contributed by atoms with E-state index in [1.807, 2.05) is 0 Å². The maximum Gasteiger partial charge on any atom is 0.281 e. The van der Waals surface area contributed by atoms with Gasteiger partial charge in [0.05, 0.1) is 6.33 Å². The Bertz CT molecular complexity index is 730. The van der Waals surface area contributed by atoms with Gasteiger partial charge in [0, 0.05) is 19.2 Å². The van der Waals surface area contributed by atoms with Crippen LogP contribution in [-0.4, -0.2) is 18.0 Å². The topological polar surface area (TPSA) is 90.0 Å². The Morgan fingerprint density at radius 2 is 1.80 bits per heavy atom. The molecule has 3 N–H and O–H groups in total. The molecule has 20 heavy (non-hydrogen) atoms. The smallest absolute Gasteiger partial charge is 0.281 e. The largest absolute Gasteiger partial charge is 0.381 e. The molecular weight excluding hydrogens is 297 g/mol. The van der Waals surface area contributed by atoms with E-state index in [2.05, 4.69) is 4.98 Å². The van der Waals surface area contributed by atoms with Crippen LogP contribution >= 0.6 is 0 Å². The van der Waals surface area contributed by atoms with Gasteiger partial charge in [-0.3, -0.25) is 4.72 Å². The normalized spacial score (nSPS) is 11.6. The average molecular weight is 306 g/mol. The summed E-state index contributed by atoms with van der Waals surface area (Å²) >= 11 is 0. The van der Waals surface area contributed by atoms with Crippen molar-refractivity contribution in [3.63, 3.8) is 0 Å². The summed E-state index contributed by atoms with van der Waals surface area (Å²) in [6, 6.07) is 0.709. The minimum absolute atomic E-state index is 0.331. The number of nitrogen functional groups attached to an aromatic ring is 1. The Kier molecular flexibility index (Phi) is 3.34. The van der Waals surface area contributed by atoms with Crippen molar-refractivity contribution >= 4 is 21.5 Å². The molecule has 0 atom stereocenters. The van der Waals surface area contributed by atoms with E-state index in [1.54, 1.807) is 4.72 Å². The molecule has 0 saturated carbocycles. The molecule has 0 aliphatic heterocycles. The van der Waals surface area contributed by atoms with Gasteiger partial charge in [0.15, 0.2) is 22.5 Å². The molecule has 0 saturated heterocycles. The predicted molar refractivity (Wildman–Crippen MR) is 64.7 cm³/mol. The van der Waals surface area contributed by atoms with Crippen LogP contribution in [-0.2, 0) is 17.1 Å². The van der Waals surface area contributed by atoms with Crippen molar-refractivity contribution < 1.29 is 21.6 Å². The standard InChI is InChI=1S/C10H9F3N4O2S/c1-17-4-15-9(14)10(17)20(18,19)16-8-6(12)2-5(11)3-7(8)13/h2-4,16H,14H2,1H3. The molecule has 0 amide bonds. The van der Waals surface area contributed by atoms with E-state index in [-0.39, 0.29) is 5.82 Å². The van der Waals surface area contributed by atoms with Gasteiger partial charge in [-0.2, -0.15) is 8.42 Å². The minimum atomic E-state index is -4.37. The zero-order chi connectivity index (χ0) is 15.1. The Balaban J connectivity index is 2.50. The fraction of sp³-hybridized carbons (Fsp3) is 0.100. The number of hydrogen-bond acceptors (Lipinski definition) is 4. The van der Waals surface area contributed by atoms with Crippen molar-refractivity contribution in [2.45, 2.75) is 5.03 Å². The van der Waals surface area contributed by atoms with Crippen LogP contribution in [0.4, 0.5) is 24.7 Å². The first kappa shape index (κ1) is 14.2. The Hall–Kier alpha value is -2.23. The van der Waals surface area contributed by atoms with Crippen LogP contribution in [0.15, 0.2) is 23.5 Å². The van der Waals surface area contributed by atoms with Gasteiger partial charge in [0.1, 0.15) is 11.5 Å². The van der Waals surface area contributed by atoms with Crippen molar-refractivity contribution in [3.05, 3.63) is 35.9 Å². The Morgan fingerprint density at radius 3 is 2.25 bits per heavy atom. The number of sulfonamides is 1. The van der Waals surface area contributed by atoms with Crippen molar-refractivity contribution in [2.24, 2.45) is 7.05 Å². The van der Waals surface area contributed by atoms with Gasteiger partial charge >= 0.3 is 0 Å². The highest BCUT2D eigenvalue weighted by molar-refractivity contribution is 7.92. The highest BCUT2D eigenvalue weighted by Gasteiger charge is 2.25. The second-order valence-corrected chi connectivity index (χ2v) is 5.49. The van der Waals surface area contributed by atoms with Gasteiger partial charge < -0.3 is 10.3 Å². The first-order valence-corrected chi connectivity index (χ1v) is 6.65. The lowest BCUT2D eigenvalue weighted by Crippen LogP contribution is -2.19. The van der Waals surface area contributed by atoms with E-state index in [1.165, 1.54) is 7.05 Å². The second kappa shape index (κ2) is 4.71. The van der Waals surface area contributed by atoms with Crippen LogP contribution in [0.3, 0.4) is 0 Å². The predicted octanol–water partition coefficient (Wildman–Crippen LogP) is 1.22. The molecular formula is C10H9F3N4O2S. The Labute approximate surface area is 112 Å². The van der Waals surface area contributed by atoms with E-state index < -0.39 is 38.2 Å². The number of aryl methyl sites for hydroxylation is 1. The summed E-state index contributed by atoms with van der Waals surface area (Å²) < 4.78 is 66.4. The molecule has 2 aromatic rings. The molecule has 0 fully saturated rings. The molecule has 6 nitrogen and oxygen atoms in total. The number of nitrogens with one attached hydrogen (secondary N) is 1. The van der Waals surface area contributed by atoms with Crippen LogP contribution in [0.5, 0.6) is 0 Å². The third-order valence-electron chi connectivity index (χ3n) is 2.41. The number of anilines is 2. The van der Waals surface area contributed by atoms with E-state index in [0.717, 1.165) is 10.9 Å². The summed E-state index contributed by atoms with van der Waals surface area (Å²) in [4.78, 5) is 3.56. The highest BCUT2D eigenvalue weighted by atomic mass is 32.2. The molecule has 0 unspecified atom stereocenters. The van der Waals surface area contributed by atoms with Crippen molar-refractivity contribution in [1.82, 2.24) is 9.55 Å². The first-order chi connectivity index (χ1) is 9.22. The average Bonchev–Trinajstić information content (AvgIpc) is 2.64. The van der Waals surface area contributed by atoms with Gasteiger partial charge in [0.2, 0.25) is 0 Å². The van der Waals surface area contributed by atoms with Crippen molar-refractivity contribution in [3.8, 4) is 0 Å². The molecule has 0 radical (unpaired) electrons. The summed E-state index contributed by atoms with van der Waals surface area (Å²) in [5, 5.41) is -0.458. The van der Waals surface area contributed by atoms with E-state index in [4.69, 9.17) is 5.73 Å². The molecule has 1 heterocycles. The van der Waals surface area contributed by atoms with Gasteiger partial charge in [-0.05, 0) is 0 Å². The number of hydrogen-bond donors (Lipinski definition) is 2. The van der Waals surface area contributed by atoms with Crippen molar-refractivity contribution in [2.75, 3.05) is 10.5 Å². The maximum absolute atomic E-state index is 13.4. The number of nitrogens with zero attached hydrogens (tertiary/aromatic N) is 2. The zero-order valence-electron chi connectivity index (χ0n) is 10.1. The van der Waals surface area contributed by atoms with E-state index in [0.29, 0.717) is 12.1 Å². The molecule has 1 aromatic heterocycles. The molecule has 108 valence electrons. The first-order valence-electron chi connectivity index (χ1n) is 5.16. The van der Waals surface area contributed by atoms with Crippen LogP contribution < -0.4 is 10.5 Å². The van der Waals surface area contributed by atoms with Crippen LogP contribution in [0, 0.1) is 17.5 Å². The third-order valence-corrected chi connectivity index (χ3v) is 3.89. The minimum Gasteiger partial charge on any atom is -0.381 e. The lowest BCUT2D eigenvalue weighted by Gasteiger charge is -2.10. The number of rotatable bonds is 3. The van der Waals surface area contributed by atoms with Gasteiger partial charge in [-0.15, -0.1) is 0 Å². The lowest BCUT2D eigenvalue weighted by molar-refractivity contribution is 0.547. The summed E-state index contributed by atoms with van der Waals surface area (Å²) in [5.74, 6) is -4.26. The third kappa shape index (κ3) is 2.41. The summed E-state index contributed by atoms with van der Waals surface area (Å²) in [7, 11) is -3.02. The number of benzene rings is 1. The van der Waals surface area contributed by atoms with Crippen molar-refractivity contribution in [1.29, 1.82) is 0 Å². The molecule has 0 spiro atoms. The highest BCUT2D eigenvalue weighted by Crippen LogP contribution is 2.25. The number of halogens is 3. The fourth-order valence-corrected chi connectivity index (χ4v) is 2.90. The quantitative estimate of drug-likeness (QED) is 0.892. The molecule has 2 rings (SSSR count). The SMILES string of the molecule is Cn1cnc(N)c1S(=O)(=O)Nc1c(F)cc(F)cc1F. The van der Waals surface area contributed by atoms with Gasteiger partial charge in [-0.25, -0.2) is 18.2 Å². The zero-order valence-corrected chi connectivity index (χ0v) is 10.9. The Morgan fingerprint density at radius 1 is 1.25 bits per heavy atom. The maximum atomic E-state index is 13.4. The summed E-state index contributed by atoms with van der Waals surface area (Å²) in [6.45, 7) is 0. The monoisotopic (exact) mass is 306 g/mol. The summed E-state index contributed by atoms with van der Waals surface area (Å²) in [6.07, 6.45) is 1.13. The van der Waals surface area contributed by atoms with Gasteiger partial charge in [0.25, 0.3) is 10.0 Å². The molecule has 0 bridgehead atoms. The van der Waals surface area contributed by atoms with Gasteiger partial charge in [-0.1, -0.05) is 0 Å². The second-order valence-electron chi connectivity index (χ2n) is 3.90. The number of nitrogens with two attached hydrogens (primary N) is 1. The van der Waals surface area contributed by atoms with Crippen LogP contribution in [0.1, 0.15) is 0 Å². The van der Waals surface area contributed by atoms with Crippen LogP contribution in [0.25, 0.3) is 0 Å². The fourth-order valence-electron chi connectivity index (χ4n) is 1.59. The molecule has 10 heteroatoms. The molecule has 0 aliphatic carbocycles. The van der Waals surface area contributed by atoms with E-state index in [9.17, 15) is 21.6 Å². The van der Waals surface area contributed by atoms with Crippen LogP contribution in [0.2, 0.25) is 0 Å². The number of imidazole rings is 1. The lowest BCUT2D eigenvalue weighted by atomic mass is 10.3. The number of aromatic nitrogens is 2. The molecule has 1 aromatic carbocycles. The summed E-state index contributed by atoms with van der Waals surface area (Å²) in [5.41, 5.74) is 4.39. The molecule has 0 aliphatic rings. The van der Waals surface area contributed by atoms with E-state index >= 15 is 0 Å².